The lowest BCUT2D eigenvalue weighted by Gasteiger charge is -2.33. The number of nitrogens with zero attached hydrogens (tertiary/aromatic N) is 4. The summed E-state index contributed by atoms with van der Waals surface area (Å²) in [6, 6.07) is 14.3. The third kappa shape index (κ3) is 12.9. The third-order valence-corrected chi connectivity index (χ3v) is 10.9. The van der Waals surface area contributed by atoms with Crippen molar-refractivity contribution in [2.45, 2.75) is 64.8 Å². The fourth-order valence-corrected chi connectivity index (χ4v) is 6.97. The molecular weight excluding hydrogens is 861 g/mol. The SMILES string of the molecule is Cc1cnc(NC(=O)Nc2cc(Br)c(C)cc2OC[C@@H]2CN(CCCOCCCOc3ccc(C4=NNC(C)(C(=O)Nc5ccc(C)c(C(F)(F)F)c5)C4)cc3)CCO2)cn1. The van der Waals surface area contributed by atoms with Gasteiger partial charge < -0.3 is 29.6 Å². The summed E-state index contributed by atoms with van der Waals surface area (Å²) < 4.78 is 64.9. The third-order valence-electron chi connectivity index (χ3n) is 10.1. The molecule has 2 aliphatic rings. The van der Waals surface area contributed by atoms with Crippen LogP contribution in [0.15, 0.2) is 76.6 Å². The molecule has 1 saturated heterocycles. The van der Waals surface area contributed by atoms with Gasteiger partial charge in [0.15, 0.2) is 5.82 Å². The number of hydrogen-bond acceptors (Lipinski definition) is 11. The van der Waals surface area contributed by atoms with Crippen LogP contribution in [-0.4, -0.2) is 96.8 Å². The second-order valence-corrected chi connectivity index (χ2v) is 16.0. The van der Waals surface area contributed by atoms with E-state index < -0.39 is 29.2 Å². The summed E-state index contributed by atoms with van der Waals surface area (Å²) in [5.74, 6) is 1.06. The molecular formula is C43H50BrF3N8O6. The predicted molar refractivity (Wildman–Crippen MR) is 229 cm³/mol. The van der Waals surface area contributed by atoms with E-state index in [-0.39, 0.29) is 23.8 Å². The Hall–Kier alpha value is -5.30. The number of ether oxygens (including phenoxy) is 4. The number of alkyl halides is 3. The van der Waals surface area contributed by atoms with Crippen LogP contribution in [0.4, 0.5) is 35.2 Å². The van der Waals surface area contributed by atoms with Gasteiger partial charge in [0, 0.05) is 55.8 Å². The normalized spacial score (nSPS) is 17.9. The van der Waals surface area contributed by atoms with Crippen molar-refractivity contribution in [1.29, 1.82) is 0 Å². The summed E-state index contributed by atoms with van der Waals surface area (Å²) in [7, 11) is 0. The number of aromatic nitrogens is 2. The Morgan fingerprint density at radius 1 is 0.951 bits per heavy atom. The van der Waals surface area contributed by atoms with Crippen molar-refractivity contribution in [3.05, 3.63) is 99.4 Å². The first-order valence-corrected chi connectivity index (χ1v) is 20.7. The van der Waals surface area contributed by atoms with Crippen LogP contribution in [0.2, 0.25) is 0 Å². The minimum atomic E-state index is -4.52. The Bertz CT molecular complexity index is 2180. The lowest BCUT2D eigenvalue weighted by atomic mass is 9.93. The summed E-state index contributed by atoms with van der Waals surface area (Å²) in [5.41, 5.74) is 4.73. The van der Waals surface area contributed by atoms with E-state index in [2.05, 4.69) is 57.3 Å². The van der Waals surface area contributed by atoms with E-state index in [9.17, 15) is 22.8 Å². The number of rotatable bonds is 17. The largest absolute Gasteiger partial charge is 0.494 e. The number of amides is 3. The van der Waals surface area contributed by atoms with E-state index in [0.29, 0.717) is 74.7 Å². The molecule has 2 aliphatic heterocycles. The highest BCUT2D eigenvalue weighted by atomic mass is 79.9. The molecule has 0 saturated carbocycles. The molecule has 61 heavy (non-hydrogen) atoms. The first kappa shape index (κ1) is 45.2. The van der Waals surface area contributed by atoms with E-state index >= 15 is 0 Å². The molecule has 4 N–H and O–H groups in total. The van der Waals surface area contributed by atoms with E-state index in [1.54, 1.807) is 19.2 Å². The zero-order valence-electron chi connectivity index (χ0n) is 34.5. The lowest BCUT2D eigenvalue weighted by Crippen LogP contribution is -2.47. The van der Waals surface area contributed by atoms with E-state index in [0.717, 1.165) is 46.9 Å². The molecule has 3 aromatic carbocycles. The number of nitrogens with one attached hydrogen (secondary N) is 4. The van der Waals surface area contributed by atoms with Crippen LogP contribution in [0, 0.1) is 20.8 Å². The Morgan fingerprint density at radius 3 is 2.49 bits per heavy atom. The summed E-state index contributed by atoms with van der Waals surface area (Å²) in [5, 5.41) is 12.5. The number of aryl methyl sites for hydroxylation is 3. The molecule has 0 bridgehead atoms. The number of hydrazone groups is 1. The number of urea groups is 1. The molecule has 14 nitrogen and oxygen atoms in total. The molecule has 3 amide bonds. The summed E-state index contributed by atoms with van der Waals surface area (Å²) in [4.78, 5) is 36.5. The Morgan fingerprint density at radius 2 is 1.74 bits per heavy atom. The predicted octanol–water partition coefficient (Wildman–Crippen LogP) is 7.88. The number of halogens is 4. The molecule has 4 aromatic rings. The topological polar surface area (TPSA) is 161 Å². The van der Waals surface area contributed by atoms with Crippen LogP contribution < -0.4 is 30.8 Å². The van der Waals surface area contributed by atoms with Crippen molar-refractivity contribution < 1.29 is 41.7 Å². The van der Waals surface area contributed by atoms with E-state index in [4.69, 9.17) is 18.9 Å². The van der Waals surface area contributed by atoms with Crippen molar-refractivity contribution in [3.63, 3.8) is 0 Å². The lowest BCUT2D eigenvalue weighted by molar-refractivity contribution is -0.138. The van der Waals surface area contributed by atoms with Crippen LogP contribution in [0.5, 0.6) is 11.5 Å². The van der Waals surface area contributed by atoms with Crippen LogP contribution in [0.3, 0.4) is 0 Å². The van der Waals surface area contributed by atoms with Crippen molar-refractivity contribution in [2.24, 2.45) is 5.10 Å². The fourth-order valence-electron chi connectivity index (χ4n) is 6.63. The highest BCUT2D eigenvalue weighted by Crippen LogP contribution is 2.35. The number of morpholine rings is 1. The molecule has 2 atom stereocenters. The van der Waals surface area contributed by atoms with Gasteiger partial charge in [-0.05, 0) is 99.3 Å². The number of benzene rings is 3. The summed E-state index contributed by atoms with van der Waals surface area (Å²) in [6.07, 6.45) is 0.221. The van der Waals surface area contributed by atoms with Gasteiger partial charge in [0.1, 0.15) is 29.7 Å². The highest BCUT2D eigenvalue weighted by molar-refractivity contribution is 9.10. The minimum absolute atomic E-state index is 0.0641. The number of hydrogen-bond donors (Lipinski definition) is 4. The Balaban J connectivity index is 0.849. The zero-order chi connectivity index (χ0) is 43.6. The number of carbonyl (C=O) groups excluding carboxylic acids is 2. The van der Waals surface area contributed by atoms with Gasteiger partial charge in [0.25, 0.3) is 5.91 Å². The molecule has 0 spiro atoms. The molecule has 1 unspecified atom stereocenters. The standard InChI is InChI=1S/C43H50BrF3N8O6/c1-27-7-10-31(20-34(27)43(45,46)47)50-40(56)42(4)22-37(53-54-42)30-8-11-32(12-9-30)59-17-6-16-58-15-5-13-55-14-18-60-33(25-55)26-61-38-19-28(2)35(44)21-36(38)51-41(57)52-39-24-48-29(3)23-49-39/h7-12,19-21,23-24,33,54H,5-6,13-18,22,25-26H2,1-4H3,(H,50,56)(H2,49,51,52,57)/t33-,42?/m0/s1. The van der Waals surface area contributed by atoms with Gasteiger partial charge >= 0.3 is 12.2 Å². The van der Waals surface area contributed by atoms with E-state index in [1.165, 1.54) is 25.3 Å². The molecule has 1 aromatic heterocycles. The zero-order valence-corrected chi connectivity index (χ0v) is 36.0. The quantitative estimate of drug-likeness (QED) is 0.0768. The number of carbonyl (C=O) groups is 2. The maximum absolute atomic E-state index is 13.4. The molecule has 3 heterocycles. The van der Waals surface area contributed by atoms with Crippen molar-refractivity contribution in [3.8, 4) is 11.5 Å². The Kier molecular flexibility index (Phi) is 15.2. The van der Waals surface area contributed by atoms with Crippen molar-refractivity contribution >= 4 is 50.8 Å². The first-order valence-electron chi connectivity index (χ1n) is 19.9. The van der Waals surface area contributed by atoms with Crippen LogP contribution >= 0.6 is 15.9 Å². The monoisotopic (exact) mass is 910 g/mol. The molecule has 6 rings (SSSR count). The van der Waals surface area contributed by atoms with Gasteiger partial charge in [-0.3, -0.25) is 25.4 Å². The molecule has 0 aliphatic carbocycles. The van der Waals surface area contributed by atoms with Crippen LogP contribution in [0.1, 0.15) is 54.1 Å². The van der Waals surface area contributed by atoms with Crippen molar-refractivity contribution in [2.75, 3.05) is 68.6 Å². The first-order chi connectivity index (χ1) is 29.1. The van der Waals surface area contributed by atoms with E-state index in [1.807, 2.05) is 44.2 Å². The Labute approximate surface area is 361 Å². The van der Waals surface area contributed by atoms with Crippen LogP contribution in [0.25, 0.3) is 0 Å². The molecule has 326 valence electrons. The molecule has 0 radical (unpaired) electrons. The maximum Gasteiger partial charge on any atom is 0.416 e. The van der Waals surface area contributed by atoms with Gasteiger partial charge in [-0.2, -0.15) is 18.3 Å². The van der Waals surface area contributed by atoms with Gasteiger partial charge in [0.05, 0.1) is 48.3 Å². The second kappa shape index (κ2) is 20.5. The van der Waals surface area contributed by atoms with Gasteiger partial charge in [-0.25, -0.2) is 9.78 Å². The second-order valence-electron chi connectivity index (χ2n) is 15.2. The average molecular weight is 912 g/mol. The minimum Gasteiger partial charge on any atom is -0.494 e. The maximum atomic E-state index is 13.4. The van der Waals surface area contributed by atoms with Gasteiger partial charge in [-0.15, -0.1) is 0 Å². The average Bonchev–Trinajstić information content (AvgIpc) is 3.64. The molecule has 18 heteroatoms. The highest BCUT2D eigenvalue weighted by Gasteiger charge is 2.39. The fraction of sp³-hybridized carbons (Fsp3) is 0.419. The number of anilines is 3. The van der Waals surface area contributed by atoms with Crippen molar-refractivity contribution in [1.82, 2.24) is 20.3 Å². The smallest absolute Gasteiger partial charge is 0.416 e. The van der Waals surface area contributed by atoms with Gasteiger partial charge in [0.2, 0.25) is 0 Å². The van der Waals surface area contributed by atoms with Crippen LogP contribution in [-0.2, 0) is 20.4 Å². The van der Waals surface area contributed by atoms with Gasteiger partial charge in [-0.1, -0.05) is 22.0 Å². The summed E-state index contributed by atoms with van der Waals surface area (Å²) in [6.45, 7) is 11.7. The summed E-state index contributed by atoms with van der Waals surface area (Å²) >= 11 is 3.54. The molecule has 1 fully saturated rings.